The Morgan fingerprint density at radius 1 is 1.29 bits per heavy atom. The van der Waals surface area contributed by atoms with E-state index in [0.717, 1.165) is 36.3 Å². The van der Waals surface area contributed by atoms with Gasteiger partial charge in [-0.25, -0.2) is 9.67 Å². The molecule has 1 aliphatic rings. The summed E-state index contributed by atoms with van der Waals surface area (Å²) in [5, 5.41) is 17.6. The molecule has 3 aromatic rings. The molecular weight excluding hydrogens is 360 g/mol. The van der Waals surface area contributed by atoms with Crippen LogP contribution in [-0.4, -0.2) is 37.2 Å². The second-order valence-corrected chi connectivity index (χ2v) is 7.12. The molecule has 28 heavy (non-hydrogen) atoms. The van der Waals surface area contributed by atoms with Gasteiger partial charge >= 0.3 is 5.97 Å². The lowest BCUT2D eigenvalue weighted by Gasteiger charge is -2.27. The molecule has 2 aromatic heterocycles. The Bertz CT molecular complexity index is 977. The number of aryl methyl sites for hydroxylation is 2. The Balaban J connectivity index is 1.52. The van der Waals surface area contributed by atoms with Crippen LogP contribution in [0.2, 0.25) is 0 Å². The van der Waals surface area contributed by atoms with Gasteiger partial charge in [-0.2, -0.15) is 0 Å². The number of aromatic nitrogens is 4. The van der Waals surface area contributed by atoms with Gasteiger partial charge in [-0.05, 0) is 49.9 Å². The molecular formula is C20H22N4O4. The molecule has 146 valence electrons. The van der Waals surface area contributed by atoms with Crippen LogP contribution in [-0.2, 0) is 11.8 Å². The van der Waals surface area contributed by atoms with Gasteiger partial charge in [0.15, 0.2) is 11.7 Å². The number of carboxylic acids is 1. The lowest BCUT2D eigenvalue weighted by molar-refractivity contribution is -0.143. The topological polar surface area (TPSA) is 103 Å². The molecule has 1 N–H and O–H groups in total. The first kappa shape index (κ1) is 18.2. The predicted octanol–water partition coefficient (Wildman–Crippen LogP) is 3.47. The van der Waals surface area contributed by atoms with Gasteiger partial charge in [0.1, 0.15) is 17.1 Å². The van der Waals surface area contributed by atoms with Crippen molar-refractivity contribution in [1.82, 2.24) is 20.0 Å². The van der Waals surface area contributed by atoms with Crippen LogP contribution >= 0.6 is 0 Å². The Hall–Kier alpha value is -3.16. The first-order chi connectivity index (χ1) is 13.5. The fourth-order valence-electron chi connectivity index (χ4n) is 3.66. The van der Waals surface area contributed by atoms with E-state index in [9.17, 15) is 9.90 Å². The van der Waals surface area contributed by atoms with Crippen LogP contribution in [0.1, 0.15) is 31.6 Å². The molecule has 2 heterocycles. The number of ether oxygens (including phenoxy) is 1. The summed E-state index contributed by atoms with van der Waals surface area (Å²) in [7, 11) is 1.81. The predicted molar refractivity (Wildman–Crippen MR) is 101 cm³/mol. The van der Waals surface area contributed by atoms with E-state index in [1.54, 1.807) is 17.8 Å². The van der Waals surface area contributed by atoms with Crippen molar-refractivity contribution >= 4 is 5.97 Å². The third-order valence-corrected chi connectivity index (χ3v) is 5.09. The van der Waals surface area contributed by atoms with Crippen molar-refractivity contribution in [3.8, 4) is 28.5 Å². The SMILES string of the molecule is Cc1ncc(-c2c(-c3ccc(O[C@H]4CCC[C@H](C(=O)O)C4)cc3)nnn2C)o1. The minimum absolute atomic E-state index is 0.0649. The van der Waals surface area contributed by atoms with Crippen LogP contribution in [0.15, 0.2) is 34.9 Å². The average Bonchev–Trinajstić information content (AvgIpc) is 3.28. The first-order valence-electron chi connectivity index (χ1n) is 9.33. The largest absolute Gasteiger partial charge is 0.490 e. The summed E-state index contributed by atoms with van der Waals surface area (Å²) in [6, 6.07) is 7.60. The highest BCUT2D eigenvalue weighted by molar-refractivity contribution is 5.75. The highest BCUT2D eigenvalue weighted by atomic mass is 16.5. The number of nitrogens with zero attached hydrogens (tertiary/aromatic N) is 4. The van der Waals surface area contributed by atoms with Crippen LogP contribution in [0.3, 0.4) is 0 Å². The molecule has 1 fully saturated rings. The maximum absolute atomic E-state index is 11.2. The summed E-state index contributed by atoms with van der Waals surface area (Å²) >= 11 is 0. The fourth-order valence-corrected chi connectivity index (χ4v) is 3.66. The zero-order valence-corrected chi connectivity index (χ0v) is 15.8. The Kier molecular flexibility index (Phi) is 4.85. The van der Waals surface area contributed by atoms with Crippen LogP contribution in [0.4, 0.5) is 0 Å². The molecule has 2 atom stereocenters. The van der Waals surface area contributed by atoms with Crippen molar-refractivity contribution in [2.45, 2.75) is 38.7 Å². The van der Waals surface area contributed by atoms with Gasteiger partial charge in [-0.15, -0.1) is 5.10 Å². The minimum Gasteiger partial charge on any atom is -0.490 e. The van der Waals surface area contributed by atoms with Crippen molar-refractivity contribution in [2.75, 3.05) is 0 Å². The van der Waals surface area contributed by atoms with Crippen LogP contribution < -0.4 is 4.74 Å². The number of carboxylic acid groups (broad SMARTS) is 1. The van der Waals surface area contributed by atoms with Crippen LogP contribution in [0, 0.1) is 12.8 Å². The number of rotatable bonds is 5. The third kappa shape index (κ3) is 3.62. The summed E-state index contributed by atoms with van der Waals surface area (Å²) in [6.07, 6.45) is 4.63. The monoisotopic (exact) mass is 382 g/mol. The van der Waals surface area contributed by atoms with Gasteiger partial charge < -0.3 is 14.3 Å². The summed E-state index contributed by atoms with van der Waals surface area (Å²) in [5.41, 5.74) is 2.34. The zero-order valence-electron chi connectivity index (χ0n) is 15.8. The fraction of sp³-hybridized carbons (Fsp3) is 0.400. The van der Waals surface area contributed by atoms with E-state index in [0.29, 0.717) is 23.8 Å². The summed E-state index contributed by atoms with van der Waals surface area (Å²) in [4.78, 5) is 15.4. The molecule has 8 heteroatoms. The lowest BCUT2D eigenvalue weighted by Crippen LogP contribution is -2.29. The molecule has 1 saturated carbocycles. The molecule has 0 spiro atoms. The number of hydrogen-bond acceptors (Lipinski definition) is 6. The second kappa shape index (κ2) is 7.46. The van der Waals surface area contributed by atoms with Gasteiger partial charge in [0.2, 0.25) is 0 Å². The molecule has 1 aliphatic carbocycles. The van der Waals surface area contributed by atoms with E-state index in [1.165, 1.54) is 0 Å². The van der Waals surface area contributed by atoms with E-state index in [2.05, 4.69) is 15.3 Å². The third-order valence-electron chi connectivity index (χ3n) is 5.09. The van der Waals surface area contributed by atoms with Gasteiger partial charge in [0.25, 0.3) is 0 Å². The van der Waals surface area contributed by atoms with Gasteiger partial charge in [0.05, 0.1) is 18.2 Å². The van der Waals surface area contributed by atoms with Gasteiger partial charge in [0, 0.05) is 19.5 Å². The number of hydrogen-bond donors (Lipinski definition) is 1. The molecule has 0 bridgehead atoms. The molecule has 0 saturated heterocycles. The van der Waals surface area contributed by atoms with E-state index >= 15 is 0 Å². The summed E-state index contributed by atoms with van der Waals surface area (Å²) < 4.78 is 13.3. The van der Waals surface area contributed by atoms with Crippen molar-refractivity contribution < 1.29 is 19.1 Å². The molecule has 0 amide bonds. The quantitative estimate of drug-likeness (QED) is 0.720. The van der Waals surface area contributed by atoms with Crippen molar-refractivity contribution in [1.29, 1.82) is 0 Å². The maximum atomic E-state index is 11.2. The molecule has 8 nitrogen and oxygen atoms in total. The molecule has 1 aromatic carbocycles. The first-order valence-corrected chi connectivity index (χ1v) is 9.33. The average molecular weight is 382 g/mol. The Morgan fingerprint density at radius 3 is 2.75 bits per heavy atom. The van der Waals surface area contributed by atoms with E-state index in [-0.39, 0.29) is 12.0 Å². The standard InChI is InChI=1S/C20H22N4O4/c1-12-21-11-17(27-12)19-18(22-23-24(19)2)13-6-8-15(9-7-13)28-16-5-3-4-14(10-16)20(25)26/h6-9,11,14,16H,3-5,10H2,1-2H3,(H,25,26)/t14-,16-/m0/s1. The highest BCUT2D eigenvalue weighted by Gasteiger charge is 2.28. The van der Waals surface area contributed by atoms with Gasteiger partial charge in [-0.1, -0.05) is 5.21 Å². The van der Waals surface area contributed by atoms with Crippen molar-refractivity contribution in [3.05, 3.63) is 36.4 Å². The van der Waals surface area contributed by atoms with E-state index in [4.69, 9.17) is 9.15 Å². The Morgan fingerprint density at radius 2 is 2.07 bits per heavy atom. The van der Waals surface area contributed by atoms with Crippen LogP contribution in [0.5, 0.6) is 5.75 Å². The number of carbonyl (C=O) groups is 1. The second-order valence-electron chi connectivity index (χ2n) is 7.12. The maximum Gasteiger partial charge on any atom is 0.306 e. The smallest absolute Gasteiger partial charge is 0.306 e. The molecule has 0 unspecified atom stereocenters. The van der Waals surface area contributed by atoms with E-state index < -0.39 is 5.97 Å². The lowest BCUT2D eigenvalue weighted by atomic mass is 9.87. The van der Waals surface area contributed by atoms with Gasteiger partial charge in [-0.3, -0.25) is 4.79 Å². The highest BCUT2D eigenvalue weighted by Crippen LogP contribution is 2.32. The minimum atomic E-state index is -0.735. The van der Waals surface area contributed by atoms with Crippen molar-refractivity contribution in [2.24, 2.45) is 13.0 Å². The summed E-state index contributed by atoms with van der Waals surface area (Å²) in [6.45, 7) is 1.79. The normalized spacial score (nSPS) is 19.5. The summed E-state index contributed by atoms with van der Waals surface area (Å²) in [5.74, 6) is 0.869. The van der Waals surface area contributed by atoms with Crippen molar-refractivity contribution in [3.63, 3.8) is 0 Å². The molecule has 4 rings (SSSR count). The number of benzene rings is 1. The van der Waals surface area contributed by atoms with E-state index in [1.807, 2.05) is 31.3 Å². The number of aliphatic carboxylic acids is 1. The number of oxazole rings is 1. The zero-order chi connectivity index (χ0) is 19.7. The Labute approximate surface area is 162 Å². The van der Waals surface area contributed by atoms with Crippen LogP contribution in [0.25, 0.3) is 22.7 Å². The molecule has 0 aliphatic heterocycles. The molecule has 0 radical (unpaired) electrons.